The van der Waals surface area contributed by atoms with Crippen LogP contribution in [-0.4, -0.2) is 23.8 Å². The fourth-order valence-electron chi connectivity index (χ4n) is 2.91. The van der Waals surface area contributed by atoms with E-state index >= 15 is 0 Å². The molecule has 1 aromatic heterocycles. The second kappa shape index (κ2) is 9.53. The molecule has 0 amide bonds. The minimum absolute atomic E-state index is 0.341. The Morgan fingerprint density at radius 2 is 1.82 bits per heavy atom. The van der Waals surface area contributed by atoms with Gasteiger partial charge in [-0.05, 0) is 48.7 Å². The normalized spacial score (nSPS) is 11.9. The molecule has 0 saturated carbocycles. The van der Waals surface area contributed by atoms with Gasteiger partial charge in [-0.2, -0.15) is 0 Å². The van der Waals surface area contributed by atoms with E-state index in [-0.39, 0.29) is 0 Å². The van der Waals surface area contributed by atoms with E-state index in [1.165, 1.54) is 20.9 Å². The van der Waals surface area contributed by atoms with E-state index in [1.54, 1.807) is 18.3 Å². The fourth-order valence-corrected chi connectivity index (χ4v) is 4.00. The predicted octanol–water partition coefficient (Wildman–Crippen LogP) is 5.33. The molecule has 0 spiro atoms. The Labute approximate surface area is 169 Å². The number of ether oxygens (including phenoxy) is 2. The van der Waals surface area contributed by atoms with Crippen LogP contribution in [0.3, 0.4) is 0 Å². The van der Waals surface area contributed by atoms with Crippen molar-refractivity contribution in [1.82, 2.24) is 0 Å². The maximum atomic E-state index is 11.2. The summed E-state index contributed by atoms with van der Waals surface area (Å²) in [6.07, 6.45) is -0.476. The molecule has 0 aliphatic rings. The molecule has 4 nitrogen and oxygen atoms in total. The van der Waals surface area contributed by atoms with Gasteiger partial charge in [0.05, 0.1) is 0 Å². The average Bonchev–Trinajstić information content (AvgIpc) is 3.08. The number of carboxylic acid groups (broad SMARTS) is 1. The molecule has 0 fully saturated rings. The van der Waals surface area contributed by atoms with Crippen molar-refractivity contribution in [3.63, 3.8) is 0 Å². The third kappa shape index (κ3) is 5.21. The zero-order valence-corrected chi connectivity index (χ0v) is 16.9. The predicted molar refractivity (Wildman–Crippen MR) is 112 cm³/mol. The van der Waals surface area contributed by atoms with Crippen LogP contribution in [0.1, 0.15) is 22.9 Å². The van der Waals surface area contributed by atoms with Crippen molar-refractivity contribution < 1.29 is 19.4 Å². The van der Waals surface area contributed by atoms with Crippen LogP contribution in [-0.2, 0) is 22.6 Å². The third-order valence-electron chi connectivity index (χ3n) is 4.44. The van der Waals surface area contributed by atoms with E-state index < -0.39 is 12.1 Å². The Hall–Kier alpha value is -2.63. The van der Waals surface area contributed by atoms with Gasteiger partial charge in [0.15, 0.2) is 6.10 Å². The molecule has 1 unspecified atom stereocenters. The molecule has 28 heavy (non-hydrogen) atoms. The van der Waals surface area contributed by atoms with Crippen molar-refractivity contribution in [3.05, 3.63) is 76.7 Å². The molecule has 0 aliphatic heterocycles. The van der Waals surface area contributed by atoms with Gasteiger partial charge in [-0.1, -0.05) is 42.5 Å². The van der Waals surface area contributed by atoms with Crippen molar-refractivity contribution >= 4 is 17.3 Å². The van der Waals surface area contributed by atoms with Gasteiger partial charge in [-0.3, -0.25) is 0 Å². The molecule has 3 aromatic rings. The van der Waals surface area contributed by atoms with Gasteiger partial charge in [0.25, 0.3) is 0 Å². The maximum Gasteiger partial charge on any atom is 0.333 e. The molecule has 0 bridgehead atoms. The number of hydrogen-bond donors (Lipinski definition) is 1. The first kappa shape index (κ1) is 20.1. The van der Waals surface area contributed by atoms with Crippen LogP contribution in [0.2, 0.25) is 0 Å². The van der Waals surface area contributed by atoms with Gasteiger partial charge in [0.2, 0.25) is 0 Å². The Kier molecular flexibility index (Phi) is 6.85. The molecule has 1 heterocycles. The lowest BCUT2D eigenvalue weighted by Gasteiger charge is -2.13. The molecule has 0 saturated heterocycles. The van der Waals surface area contributed by atoms with Crippen molar-refractivity contribution in [2.75, 3.05) is 6.61 Å². The first-order valence-electron chi connectivity index (χ1n) is 9.27. The summed E-state index contributed by atoms with van der Waals surface area (Å²) in [4.78, 5) is 13.6. The third-order valence-corrected chi connectivity index (χ3v) is 5.70. The van der Waals surface area contributed by atoms with Crippen molar-refractivity contribution in [2.24, 2.45) is 0 Å². The van der Waals surface area contributed by atoms with E-state index in [9.17, 15) is 9.90 Å². The van der Waals surface area contributed by atoms with Gasteiger partial charge < -0.3 is 14.6 Å². The number of thiophene rings is 1. The topological polar surface area (TPSA) is 55.8 Å². The van der Waals surface area contributed by atoms with Gasteiger partial charge >= 0.3 is 5.97 Å². The smallest absolute Gasteiger partial charge is 0.333 e. The minimum atomic E-state index is -0.940. The van der Waals surface area contributed by atoms with Crippen LogP contribution in [0.5, 0.6) is 5.75 Å². The van der Waals surface area contributed by atoms with E-state index in [2.05, 4.69) is 25.1 Å². The monoisotopic (exact) mass is 396 g/mol. The number of benzene rings is 2. The Balaban J connectivity index is 1.61. The van der Waals surface area contributed by atoms with E-state index in [0.717, 1.165) is 11.3 Å². The second-order valence-corrected chi connectivity index (χ2v) is 7.64. The molecular formula is C23H24O4S. The fraction of sp³-hybridized carbons (Fsp3) is 0.261. The van der Waals surface area contributed by atoms with Crippen molar-refractivity contribution in [2.45, 2.75) is 33.0 Å². The average molecular weight is 397 g/mol. The molecular weight excluding hydrogens is 372 g/mol. The summed E-state index contributed by atoms with van der Waals surface area (Å²) in [6, 6.07) is 20.1. The van der Waals surface area contributed by atoms with Gasteiger partial charge in [-0.25, -0.2) is 4.79 Å². The number of rotatable bonds is 9. The standard InChI is InChI=1S/C23H24O4S/c1-3-26-20(23(24)25)14-17-9-11-19(12-10-17)27-15-22-16(2)13-21(28-22)18-7-5-4-6-8-18/h4-13,20H,3,14-15H2,1-2H3,(H,24,25). The number of carbonyl (C=O) groups is 1. The van der Waals surface area contributed by atoms with E-state index in [1.807, 2.05) is 42.5 Å². The van der Waals surface area contributed by atoms with Crippen LogP contribution in [0.4, 0.5) is 0 Å². The summed E-state index contributed by atoms with van der Waals surface area (Å²) < 4.78 is 11.2. The number of hydrogen-bond acceptors (Lipinski definition) is 4. The van der Waals surface area contributed by atoms with Crippen LogP contribution >= 0.6 is 11.3 Å². The van der Waals surface area contributed by atoms with Crippen molar-refractivity contribution in [1.29, 1.82) is 0 Å². The largest absolute Gasteiger partial charge is 0.488 e. The number of carboxylic acids is 1. The van der Waals surface area contributed by atoms with Crippen LogP contribution in [0, 0.1) is 6.92 Å². The van der Waals surface area contributed by atoms with Gasteiger partial charge in [-0.15, -0.1) is 11.3 Å². The molecule has 2 aromatic carbocycles. The highest BCUT2D eigenvalue weighted by Gasteiger charge is 2.17. The molecule has 1 atom stereocenters. The Morgan fingerprint density at radius 1 is 1.11 bits per heavy atom. The quantitative estimate of drug-likeness (QED) is 0.531. The molecule has 1 N–H and O–H groups in total. The lowest BCUT2D eigenvalue weighted by molar-refractivity contribution is -0.149. The molecule has 0 aliphatic carbocycles. The van der Waals surface area contributed by atoms with Crippen LogP contribution in [0.25, 0.3) is 10.4 Å². The lowest BCUT2D eigenvalue weighted by Crippen LogP contribution is -2.26. The minimum Gasteiger partial charge on any atom is -0.488 e. The Bertz CT molecular complexity index is 900. The molecule has 146 valence electrons. The summed E-state index contributed by atoms with van der Waals surface area (Å²) in [6.45, 7) is 4.79. The highest BCUT2D eigenvalue weighted by molar-refractivity contribution is 7.15. The first-order valence-corrected chi connectivity index (χ1v) is 10.1. The zero-order chi connectivity index (χ0) is 19.9. The van der Waals surface area contributed by atoms with Crippen LogP contribution < -0.4 is 4.74 Å². The van der Waals surface area contributed by atoms with E-state index in [0.29, 0.717) is 19.6 Å². The van der Waals surface area contributed by atoms with Gasteiger partial charge in [0, 0.05) is 22.8 Å². The molecule has 3 rings (SSSR count). The summed E-state index contributed by atoms with van der Waals surface area (Å²) >= 11 is 1.75. The van der Waals surface area contributed by atoms with Crippen molar-refractivity contribution in [3.8, 4) is 16.2 Å². The molecule has 0 radical (unpaired) electrons. The van der Waals surface area contributed by atoms with Gasteiger partial charge in [0.1, 0.15) is 12.4 Å². The van der Waals surface area contributed by atoms with Crippen LogP contribution in [0.15, 0.2) is 60.7 Å². The lowest BCUT2D eigenvalue weighted by atomic mass is 10.1. The number of aliphatic carboxylic acids is 1. The summed E-state index contributed by atoms with van der Waals surface area (Å²) in [7, 11) is 0. The first-order chi connectivity index (χ1) is 13.6. The maximum absolute atomic E-state index is 11.2. The van der Waals surface area contributed by atoms with E-state index in [4.69, 9.17) is 9.47 Å². The number of aryl methyl sites for hydroxylation is 1. The highest BCUT2D eigenvalue weighted by Crippen LogP contribution is 2.32. The summed E-state index contributed by atoms with van der Waals surface area (Å²) in [5.74, 6) is -0.175. The highest BCUT2D eigenvalue weighted by atomic mass is 32.1. The molecule has 5 heteroatoms. The Morgan fingerprint density at radius 3 is 2.46 bits per heavy atom. The summed E-state index contributed by atoms with van der Waals surface area (Å²) in [5.41, 5.74) is 3.35. The summed E-state index contributed by atoms with van der Waals surface area (Å²) in [5, 5.41) is 9.19. The zero-order valence-electron chi connectivity index (χ0n) is 16.1. The second-order valence-electron chi connectivity index (χ2n) is 6.50. The SMILES string of the molecule is CCOC(Cc1ccc(OCc2sc(-c3ccccc3)cc2C)cc1)C(=O)O.